The van der Waals surface area contributed by atoms with E-state index in [4.69, 9.17) is 0 Å². The first kappa shape index (κ1) is 15.3. The van der Waals surface area contributed by atoms with E-state index >= 15 is 0 Å². The van der Waals surface area contributed by atoms with Gasteiger partial charge in [0.05, 0.1) is 0 Å². The molecule has 5 heteroatoms. The number of nitrogens with zero attached hydrogens (tertiary/aromatic N) is 5. The van der Waals surface area contributed by atoms with E-state index in [-0.39, 0.29) is 0 Å². The fourth-order valence-electron chi connectivity index (χ4n) is 4.56. The van der Waals surface area contributed by atoms with Gasteiger partial charge < -0.3 is 9.80 Å². The molecule has 0 N–H and O–H groups in total. The molecule has 1 saturated carbocycles. The quantitative estimate of drug-likeness (QED) is 0.827. The van der Waals surface area contributed by atoms with E-state index < -0.39 is 0 Å². The van der Waals surface area contributed by atoms with Gasteiger partial charge in [-0.3, -0.25) is 4.90 Å². The van der Waals surface area contributed by atoms with Gasteiger partial charge in [0.25, 0.3) is 0 Å². The highest BCUT2D eigenvalue weighted by Gasteiger charge is 2.45. The molecule has 1 aromatic rings. The third-order valence-corrected chi connectivity index (χ3v) is 5.74. The van der Waals surface area contributed by atoms with Gasteiger partial charge in [0.1, 0.15) is 0 Å². The molecule has 4 rings (SSSR count). The second-order valence-corrected chi connectivity index (χ2v) is 7.90. The minimum Gasteiger partial charge on any atom is -0.340 e. The van der Waals surface area contributed by atoms with Crippen molar-refractivity contribution in [1.82, 2.24) is 19.8 Å². The summed E-state index contributed by atoms with van der Waals surface area (Å²) in [7, 11) is 4.42. The monoisotopic (exact) mass is 315 g/mol. The van der Waals surface area contributed by atoms with Crippen LogP contribution in [0.3, 0.4) is 0 Å². The first-order valence-corrected chi connectivity index (χ1v) is 9.13. The molecule has 2 saturated heterocycles. The zero-order valence-corrected chi connectivity index (χ0v) is 14.4. The lowest BCUT2D eigenvalue weighted by Crippen LogP contribution is -2.49. The van der Waals surface area contributed by atoms with Gasteiger partial charge >= 0.3 is 0 Å². The molecular weight excluding hydrogens is 286 g/mol. The molecule has 126 valence electrons. The average Bonchev–Trinajstić information content (AvgIpc) is 3.31. The maximum atomic E-state index is 4.45. The van der Waals surface area contributed by atoms with E-state index in [1.165, 1.54) is 38.8 Å². The highest BCUT2D eigenvalue weighted by Crippen LogP contribution is 2.40. The van der Waals surface area contributed by atoms with Crippen molar-refractivity contribution in [3.05, 3.63) is 18.5 Å². The van der Waals surface area contributed by atoms with Crippen LogP contribution in [-0.2, 0) is 0 Å². The van der Waals surface area contributed by atoms with E-state index in [1.807, 2.05) is 18.5 Å². The molecule has 5 nitrogen and oxygen atoms in total. The van der Waals surface area contributed by atoms with Crippen molar-refractivity contribution >= 4 is 5.95 Å². The van der Waals surface area contributed by atoms with Crippen LogP contribution in [0.25, 0.3) is 0 Å². The van der Waals surface area contributed by atoms with Crippen molar-refractivity contribution < 1.29 is 0 Å². The number of likely N-dealkylation sites (tertiary alicyclic amines) is 1. The van der Waals surface area contributed by atoms with Gasteiger partial charge in [-0.05, 0) is 57.7 Å². The summed E-state index contributed by atoms with van der Waals surface area (Å²) in [5.41, 5.74) is 0. The van der Waals surface area contributed by atoms with Crippen LogP contribution < -0.4 is 4.90 Å². The molecule has 3 heterocycles. The van der Waals surface area contributed by atoms with Crippen LogP contribution >= 0.6 is 0 Å². The van der Waals surface area contributed by atoms with Gasteiger partial charge in [0, 0.05) is 50.7 Å². The van der Waals surface area contributed by atoms with E-state index in [9.17, 15) is 0 Å². The lowest BCUT2D eigenvalue weighted by atomic mass is 9.92. The van der Waals surface area contributed by atoms with Gasteiger partial charge in [0.2, 0.25) is 5.95 Å². The van der Waals surface area contributed by atoms with E-state index in [0.717, 1.165) is 43.0 Å². The third kappa shape index (κ3) is 3.36. The minimum atomic E-state index is 0.734. The Bertz CT molecular complexity index is 515. The summed E-state index contributed by atoms with van der Waals surface area (Å²) >= 11 is 0. The molecule has 3 fully saturated rings. The van der Waals surface area contributed by atoms with Gasteiger partial charge in [-0.1, -0.05) is 0 Å². The predicted molar refractivity (Wildman–Crippen MR) is 92.5 cm³/mol. The summed E-state index contributed by atoms with van der Waals surface area (Å²) in [5.74, 6) is 2.67. The Labute approximate surface area is 139 Å². The summed E-state index contributed by atoms with van der Waals surface area (Å²) in [5, 5.41) is 0. The van der Waals surface area contributed by atoms with Crippen molar-refractivity contribution in [3.8, 4) is 0 Å². The number of hydrogen-bond donors (Lipinski definition) is 0. The number of anilines is 1. The van der Waals surface area contributed by atoms with Crippen molar-refractivity contribution in [2.24, 2.45) is 11.8 Å². The maximum absolute atomic E-state index is 4.45. The Morgan fingerprint density at radius 3 is 2.65 bits per heavy atom. The highest BCUT2D eigenvalue weighted by molar-refractivity contribution is 5.30. The SMILES string of the molecule is CN(C)C[C@@H]1C[C@@H]2CN(c3ncccn3)CC[C@@H]2N1CC1CC1. The fourth-order valence-corrected chi connectivity index (χ4v) is 4.56. The Balaban J connectivity index is 1.46. The molecule has 3 aliphatic rings. The topological polar surface area (TPSA) is 35.5 Å². The highest BCUT2D eigenvalue weighted by atomic mass is 15.3. The molecule has 23 heavy (non-hydrogen) atoms. The zero-order valence-electron chi connectivity index (χ0n) is 14.4. The predicted octanol–water partition coefficient (Wildman–Crippen LogP) is 1.72. The molecule has 3 atom stereocenters. The van der Waals surface area contributed by atoms with Crippen LogP contribution in [0, 0.1) is 11.8 Å². The van der Waals surface area contributed by atoms with E-state index in [0.29, 0.717) is 0 Å². The largest absolute Gasteiger partial charge is 0.340 e. The van der Waals surface area contributed by atoms with Crippen molar-refractivity contribution in [3.63, 3.8) is 0 Å². The summed E-state index contributed by atoms with van der Waals surface area (Å²) in [6.45, 7) is 4.75. The molecule has 2 aliphatic heterocycles. The normalized spacial score (nSPS) is 31.6. The first-order valence-electron chi connectivity index (χ1n) is 9.13. The number of fused-ring (bicyclic) bond motifs is 1. The molecule has 0 radical (unpaired) electrons. The lowest BCUT2D eigenvalue weighted by Gasteiger charge is -2.39. The smallest absolute Gasteiger partial charge is 0.225 e. The van der Waals surface area contributed by atoms with Crippen LogP contribution in [0.5, 0.6) is 0 Å². The van der Waals surface area contributed by atoms with Crippen LogP contribution in [-0.4, -0.2) is 72.1 Å². The summed E-state index contributed by atoms with van der Waals surface area (Å²) in [6.07, 6.45) is 9.21. The van der Waals surface area contributed by atoms with Crippen molar-refractivity contribution in [2.75, 3.05) is 45.2 Å². The number of hydrogen-bond acceptors (Lipinski definition) is 5. The molecule has 0 bridgehead atoms. The molecule has 0 amide bonds. The average molecular weight is 315 g/mol. The molecule has 0 spiro atoms. The first-order chi connectivity index (χ1) is 11.2. The van der Waals surface area contributed by atoms with E-state index in [2.05, 4.69) is 38.8 Å². The molecule has 0 unspecified atom stereocenters. The molecule has 1 aliphatic carbocycles. The molecular formula is C18H29N5. The Hall–Kier alpha value is -1.20. The molecule has 1 aromatic heterocycles. The van der Waals surface area contributed by atoms with Crippen LogP contribution in [0.2, 0.25) is 0 Å². The summed E-state index contributed by atoms with van der Waals surface area (Å²) < 4.78 is 0. The Morgan fingerprint density at radius 2 is 1.96 bits per heavy atom. The van der Waals surface area contributed by atoms with Crippen molar-refractivity contribution in [2.45, 2.75) is 37.8 Å². The van der Waals surface area contributed by atoms with Crippen LogP contribution in [0.1, 0.15) is 25.7 Å². The Kier molecular flexibility index (Phi) is 4.24. The van der Waals surface area contributed by atoms with Crippen LogP contribution in [0.15, 0.2) is 18.5 Å². The number of aromatic nitrogens is 2. The third-order valence-electron chi connectivity index (χ3n) is 5.74. The number of likely N-dealkylation sites (N-methyl/N-ethyl adjacent to an activating group) is 1. The second-order valence-electron chi connectivity index (χ2n) is 7.90. The van der Waals surface area contributed by atoms with Gasteiger partial charge in [0.15, 0.2) is 0 Å². The summed E-state index contributed by atoms with van der Waals surface area (Å²) in [4.78, 5) is 16.5. The van der Waals surface area contributed by atoms with Crippen molar-refractivity contribution in [1.29, 1.82) is 0 Å². The Morgan fingerprint density at radius 1 is 1.17 bits per heavy atom. The van der Waals surface area contributed by atoms with Gasteiger partial charge in [-0.15, -0.1) is 0 Å². The molecule has 0 aromatic carbocycles. The standard InChI is InChI=1S/C18H29N5/c1-21(2)13-16-10-15-12-22(18-19-7-3-8-20-18)9-6-17(15)23(16)11-14-4-5-14/h3,7-8,14-17H,4-6,9-13H2,1-2H3/t15-,16+,17+/m1/s1. The number of piperidine rings is 1. The van der Waals surface area contributed by atoms with Crippen LogP contribution in [0.4, 0.5) is 5.95 Å². The minimum absolute atomic E-state index is 0.734. The lowest BCUT2D eigenvalue weighted by molar-refractivity contribution is 0.138. The second kappa shape index (κ2) is 6.36. The van der Waals surface area contributed by atoms with E-state index in [1.54, 1.807) is 0 Å². The fraction of sp³-hybridized carbons (Fsp3) is 0.778. The van der Waals surface area contributed by atoms with Gasteiger partial charge in [-0.2, -0.15) is 0 Å². The zero-order chi connectivity index (χ0) is 15.8. The van der Waals surface area contributed by atoms with Gasteiger partial charge in [-0.25, -0.2) is 9.97 Å². The summed E-state index contributed by atoms with van der Waals surface area (Å²) in [6, 6.07) is 3.41. The maximum Gasteiger partial charge on any atom is 0.225 e. The number of rotatable bonds is 5.